The van der Waals surface area contributed by atoms with Gasteiger partial charge in [0.25, 0.3) is 5.91 Å². The fraction of sp³-hybridized carbons (Fsp3) is 0.333. The van der Waals surface area contributed by atoms with E-state index in [0.717, 1.165) is 0 Å². The number of halogens is 1. The SMILES string of the molecule is CCOc1ccc(OCC)c(NC(=O)CCCNC(=O)c2ccc(Cl)cc2)c1. The summed E-state index contributed by atoms with van der Waals surface area (Å²) < 4.78 is 11.0. The number of carbonyl (C=O) groups excluding carboxylic acids is 2. The van der Waals surface area contributed by atoms with Crippen LogP contribution in [-0.4, -0.2) is 31.6 Å². The second-order valence-electron chi connectivity index (χ2n) is 5.94. The molecule has 2 aromatic carbocycles. The van der Waals surface area contributed by atoms with Crippen LogP contribution in [0.5, 0.6) is 11.5 Å². The predicted molar refractivity (Wildman–Crippen MR) is 110 cm³/mol. The zero-order valence-electron chi connectivity index (χ0n) is 16.1. The molecule has 2 aromatic rings. The predicted octanol–water partition coefficient (Wildman–Crippen LogP) is 4.29. The number of anilines is 1. The van der Waals surface area contributed by atoms with Crippen molar-refractivity contribution < 1.29 is 19.1 Å². The topological polar surface area (TPSA) is 76.7 Å². The molecule has 0 aromatic heterocycles. The number of amides is 2. The lowest BCUT2D eigenvalue weighted by atomic mass is 10.2. The van der Waals surface area contributed by atoms with Gasteiger partial charge in [-0.25, -0.2) is 0 Å². The Balaban J connectivity index is 1.82. The van der Waals surface area contributed by atoms with Crippen molar-refractivity contribution in [3.05, 3.63) is 53.1 Å². The highest BCUT2D eigenvalue weighted by molar-refractivity contribution is 6.30. The highest BCUT2D eigenvalue weighted by Crippen LogP contribution is 2.29. The molecule has 6 nitrogen and oxygen atoms in total. The van der Waals surface area contributed by atoms with Gasteiger partial charge in [0.15, 0.2) is 0 Å². The molecule has 7 heteroatoms. The molecule has 0 aliphatic heterocycles. The summed E-state index contributed by atoms with van der Waals surface area (Å²) in [5.74, 6) is 0.905. The lowest BCUT2D eigenvalue weighted by Gasteiger charge is -2.13. The molecule has 2 amide bonds. The molecule has 0 spiro atoms. The Labute approximate surface area is 170 Å². The third-order valence-electron chi connectivity index (χ3n) is 3.81. The minimum absolute atomic E-state index is 0.157. The molecule has 0 bridgehead atoms. The summed E-state index contributed by atoms with van der Waals surface area (Å²) in [6.07, 6.45) is 0.783. The fourth-order valence-corrected chi connectivity index (χ4v) is 2.64. The molecule has 0 radical (unpaired) electrons. The fourth-order valence-electron chi connectivity index (χ4n) is 2.51. The Bertz CT molecular complexity index is 793. The van der Waals surface area contributed by atoms with Gasteiger partial charge in [0.1, 0.15) is 11.5 Å². The van der Waals surface area contributed by atoms with Crippen LogP contribution >= 0.6 is 11.6 Å². The summed E-state index contributed by atoms with van der Waals surface area (Å²) in [6, 6.07) is 12.0. The van der Waals surface area contributed by atoms with Crippen LogP contribution in [0.1, 0.15) is 37.0 Å². The van der Waals surface area contributed by atoms with Gasteiger partial charge in [-0.05, 0) is 56.7 Å². The molecule has 150 valence electrons. The van der Waals surface area contributed by atoms with Crippen LogP contribution in [0.25, 0.3) is 0 Å². The Morgan fingerprint density at radius 3 is 2.39 bits per heavy atom. The number of benzene rings is 2. The summed E-state index contributed by atoms with van der Waals surface area (Å²) >= 11 is 5.81. The van der Waals surface area contributed by atoms with Crippen molar-refractivity contribution in [3.8, 4) is 11.5 Å². The number of hydrogen-bond acceptors (Lipinski definition) is 4. The third-order valence-corrected chi connectivity index (χ3v) is 4.06. The number of carbonyl (C=O) groups is 2. The van der Waals surface area contributed by atoms with Crippen LogP contribution in [0.3, 0.4) is 0 Å². The first-order valence-corrected chi connectivity index (χ1v) is 9.64. The second-order valence-corrected chi connectivity index (χ2v) is 6.37. The van der Waals surface area contributed by atoms with Gasteiger partial charge in [-0.15, -0.1) is 0 Å². The van der Waals surface area contributed by atoms with Crippen LogP contribution < -0.4 is 20.1 Å². The van der Waals surface area contributed by atoms with Gasteiger partial charge in [0.05, 0.1) is 18.9 Å². The molecule has 0 saturated heterocycles. The molecular weight excluding hydrogens is 380 g/mol. The summed E-state index contributed by atoms with van der Waals surface area (Å²) in [7, 11) is 0. The van der Waals surface area contributed by atoms with Crippen LogP contribution in [-0.2, 0) is 4.79 Å². The van der Waals surface area contributed by atoms with E-state index in [0.29, 0.717) is 54.0 Å². The van der Waals surface area contributed by atoms with Crippen molar-refractivity contribution >= 4 is 29.1 Å². The molecule has 0 saturated carbocycles. The average molecular weight is 405 g/mol. The van der Waals surface area contributed by atoms with E-state index in [4.69, 9.17) is 21.1 Å². The van der Waals surface area contributed by atoms with E-state index in [1.54, 1.807) is 42.5 Å². The highest BCUT2D eigenvalue weighted by Gasteiger charge is 2.10. The second kappa shape index (κ2) is 11.2. The van der Waals surface area contributed by atoms with Crippen LogP contribution in [0.2, 0.25) is 5.02 Å². The Kier molecular flexibility index (Phi) is 8.62. The number of rotatable bonds is 10. The van der Waals surface area contributed by atoms with Gasteiger partial charge in [-0.2, -0.15) is 0 Å². The van der Waals surface area contributed by atoms with E-state index >= 15 is 0 Å². The van der Waals surface area contributed by atoms with Crippen LogP contribution in [0, 0.1) is 0 Å². The highest BCUT2D eigenvalue weighted by atomic mass is 35.5. The first-order valence-electron chi connectivity index (χ1n) is 9.26. The number of hydrogen-bond donors (Lipinski definition) is 2. The van der Waals surface area contributed by atoms with Gasteiger partial charge < -0.3 is 20.1 Å². The summed E-state index contributed by atoms with van der Waals surface area (Å²) in [5.41, 5.74) is 1.10. The van der Waals surface area contributed by atoms with E-state index in [-0.39, 0.29) is 18.2 Å². The van der Waals surface area contributed by atoms with Crippen molar-refractivity contribution in [2.24, 2.45) is 0 Å². The zero-order chi connectivity index (χ0) is 20.4. The third kappa shape index (κ3) is 6.78. The quantitative estimate of drug-likeness (QED) is 0.579. The molecular formula is C21H25ClN2O4. The maximum atomic E-state index is 12.3. The van der Waals surface area contributed by atoms with Crippen molar-refractivity contribution in [3.63, 3.8) is 0 Å². The Morgan fingerprint density at radius 1 is 1.00 bits per heavy atom. The van der Waals surface area contributed by atoms with Gasteiger partial charge in [0.2, 0.25) is 5.91 Å². The lowest BCUT2D eigenvalue weighted by molar-refractivity contribution is -0.116. The van der Waals surface area contributed by atoms with Gasteiger partial charge >= 0.3 is 0 Å². The normalized spacial score (nSPS) is 10.2. The van der Waals surface area contributed by atoms with Crippen molar-refractivity contribution in [2.75, 3.05) is 25.1 Å². The summed E-state index contributed by atoms with van der Waals surface area (Å²) in [6.45, 7) is 5.20. The first kappa shape index (κ1) is 21.6. The zero-order valence-corrected chi connectivity index (χ0v) is 16.8. The van der Waals surface area contributed by atoms with Gasteiger partial charge in [-0.1, -0.05) is 11.6 Å². The Morgan fingerprint density at radius 2 is 1.71 bits per heavy atom. The van der Waals surface area contributed by atoms with E-state index < -0.39 is 0 Å². The van der Waals surface area contributed by atoms with Crippen molar-refractivity contribution in [1.82, 2.24) is 5.32 Å². The van der Waals surface area contributed by atoms with Crippen molar-refractivity contribution in [2.45, 2.75) is 26.7 Å². The first-order chi connectivity index (χ1) is 13.5. The maximum absolute atomic E-state index is 12.3. The van der Waals surface area contributed by atoms with Crippen molar-refractivity contribution in [1.29, 1.82) is 0 Å². The monoisotopic (exact) mass is 404 g/mol. The number of nitrogens with one attached hydrogen (secondary N) is 2. The molecule has 0 aliphatic carbocycles. The van der Waals surface area contributed by atoms with Gasteiger partial charge in [0, 0.05) is 29.6 Å². The standard InChI is InChI=1S/C21H25ClN2O4/c1-3-27-17-11-12-19(28-4-2)18(14-17)24-20(25)6-5-13-23-21(26)15-7-9-16(22)10-8-15/h7-12,14H,3-6,13H2,1-2H3,(H,23,26)(H,24,25). The van der Waals surface area contributed by atoms with Crippen LogP contribution in [0.15, 0.2) is 42.5 Å². The lowest BCUT2D eigenvalue weighted by Crippen LogP contribution is -2.25. The smallest absolute Gasteiger partial charge is 0.251 e. The molecule has 0 atom stereocenters. The van der Waals surface area contributed by atoms with E-state index in [1.807, 2.05) is 13.8 Å². The molecule has 0 fully saturated rings. The molecule has 0 aliphatic rings. The maximum Gasteiger partial charge on any atom is 0.251 e. The minimum Gasteiger partial charge on any atom is -0.494 e. The van der Waals surface area contributed by atoms with Gasteiger partial charge in [-0.3, -0.25) is 9.59 Å². The molecule has 0 heterocycles. The summed E-state index contributed by atoms with van der Waals surface area (Å²) in [5, 5.41) is 6.21. The largest absolute Gasteiger partial charge is 0.494 e. The number of ether oxygens (including phenoxy) is 2. The average Bonchev–Trinajstić information content (AvgIpc) is 2.68. The van der Waals surface area contributed by atoms with E-state index in [1.165, 1.54) is 0 Å². The minimum atomic E-state index is -0.194. The molecule has 2 N–H and O–H groups in total. The Hall–Kier alpha value is -2.73. The molecule has 2 rings (SSSR count). The van der Waals surface area contributed by atoms with E-state index in [2.05, 4.69) is 10.6 Å². The van der Waals surface area contributed by atoms with Crippen LogP contribution in [0.4, 0.5) is 5.69 Å². The molecule has 28 heavy (non-hydrogen) atoms. The van der Waals surface area contributed by atoms with E-state index in [9.17, 15) is 9.59 Å². The summed E-state index contributed by atoms with van der Waals surface area (Å²) in [4.78, 5) is 24.3. The molecule has 0 unspecified atom stereocenters.